The highest BCUT2D eigenvalue weighted by Gasteiger charge is 2.13. The molecule has 0 bridgehead atoms. The molecule has 0 aromatic carbocycles. The summed E-state index contributed by atoms with van der Waals surface area (Å²) >= 11 is 1.52. The van der Waals surface area contributed by atoms with Crippen LogP contribution in [0.15, 0.2) is 5.38 Å². The molecule has 0 atom stereocenters. The number of methoxy groups -OCH3 is 2. The van der Waals surface area contributed by atoms with E-state index in [9.17, 15) is 4.79 Å². The Morgan fingerprint density at radius 2 is 2.23 bits per heavy atom. The van der Waals surface area contributed by atoms with Gasteiger partial charge in [-0.25, -0.2) is 4.79 Å². The van der Waals surface area contributed by atoms with Gasteiger partial charge in [-0.1, -0.05) is 0 Å². The molecule has 72 valence electrons. The number of esters is 1. The molecule has 0 N–H and O–H groups in total. The Kier molecular flexibility index (Phi) is 3.45. The predicted octanol–water partition coefficient (Wildman–Crippen LogP) is 1.99. The molecule has 0 aliphatic carbocycles. The van der Waals surface area contributed by atoms with Crippen LogP contribution in [0.25, 0.3) is 0 Å². The topological polar surface area (TPSA) is 35.5 Å². The van der Waals surface area contributed by atoms with Crippen LogP contribution in [0.2, 0.25) is 0 Å². The number of carbonyl (C=O) groups is 1. The molecule has 3 nitrogen and oxygen atoms in total. The van der Waals surface area contributed by atoms with Crippen molar-refractivity contribution in [3.63, 3.8) is 0 Å². The highest BCUT2D eigenvalue weighted by atomic mass is 32.1. The van der Waals surface area contributed by atoms with Crippen LogP contribution in [-0.2, 0) is 16.1 Å². The molecule has 1 heterocycles. The van der Waals surface area contributed by atoms with Crippen molar-refractivity contribution in [3.05, 3.63) is 21.4 Å². The van der Waals surface area contributed by atoms with E-state index in [1.807, 2.05) is 6.92 Å². The minimum absolute atomic E-state index is 0.281. The highest BCUT2D eigenvalue weighted by molar-refractivity contribution is 7.10. The molecule has 0 saturated carbocycles. The van der Waals surface area contributed by atoms with Crippen LogP contribution < -0.4 is 0 Å². The summed E-state index contributed by atoms with van der Waals surface area (Å²) in [7, 11) is 3.02. The van der Waals surface area contributed by atoms with Crippen molar-refractivity contribution in [2.75, 3.05) is 14.2 Å². The molecule has 0 radical (unpaired) electrons. The van der Waals surface area contributed by atoms with Crippen molar-refractivity contribution in [3.8, 4) is 0 Å². The lowest BCUT2D eigenvalue weighted by Crippen LogP contribution is -2.01. The monoisotopic (exact) mass is 200 g/mol. The smallest absolute Gasteiger partial charge is 0.338 e. The molecule has 0 saturated heterocycles. The van der Waals surface area contributed by atoms with E-state index in [1.165, 1.54) is 18.4 Å². The van der Waals surface area contributed by atoms with Gasteiger partial charge in [0, 0.05) is 17.4 Å². The third-order valence-corrected chi connectivity index (χ3v) is 2.88. The molecular weight excluding hydrogens is 188 g/mol. The van der Waals surface area contributed by atoms with Crippen molar-refractivity contribution < 1.29 is 14.3 Å². The normalized spacial score (nSPS) is 10.1. The Morgan fingerprint density at radius 3 is 2.77 bits per heavy atom. The van der Waals surface area contributed by atoms with Crippen molar-refractivity contribution in [2.24, 2.45) is 0 Å². The zero-order valence-electron chi connectivity index (χ0n) is 7.92. The van der Waals surface area contributed by atoms with Crippen LogP contribution in [0.1, 0.15) is 20.8 Å². The van der Waals surface area contributed by atoms with Gasteiger partial charge in [0.15, 0.2) is 0 Å². The molecule has 0 aliphatic heterocycles. The fraction of sp³-hybridized carbons (Fsp3) is 0.444. The molecule has 0 spiro atoms. The zero-order valence-corrected chi connectivity index (χ0v) is 8.73. The van der Waals surface area contributed by atoms with E-state index in [1.54, 1.807) is 12.5 Å². The van der Waals surface area contributed by atoms with Crippen molar-refractivity contribution >= 4 is 17.3 Å². The first kappa shape index (κ1) is 10.2. The van der Waals surface area contributed by atoms with Crippen LogP contribution in [0.4, 0.5) is 0 Å². The van der Waals surface area contributed by atoms with Gasteiger partial charge in [0.1, 0.15) is 0 Å². The minimum Gasteiger partial charge on any atom is -0.465 e. The van der Waals surface area contributed by atoms with E-state index in [-0.39, 0.29) is 5.97 Å². The Morgan fingerprint density at radius 1 is 1.54 bits per heavy atom. The molecule has 1 aromatic heterocycles. The minimum atomic E-state index is -0.281. The number of hydrogen-bond acceptors (Lipinski definition) is 4. The summed E-state index contributed by atoms with van der Waals surface area (Å²) in [5.41, 5.74) is 1.60. The fourth-order valence-corrected chi connectivity index (χ4v) is 2.05. The number of thiophene rings is 1. The number of hydrogen-bond donors (Lipinski definition) is 0. The third-order valence-electron chi connectivity index (χ3n) is 1.82. The van der Waals surface area contributed by atoms with Gasteiger partial charge in [-0.15, -0.1) is 11.3 Å². The second-order valence-electron chi connectivity index (χ2n) is 2.62. The van der Waals surface area contributed by atoms with Crippen molar-refractivity contribution in [1.82, 2.24) is 0 Å². The summed E-state index contributed by atoms with van der Waals surface area (Å²) in [6.07, 6.45) is 0. The average molecular weight is 200 g/mol. The Hall–Kier alpha value is -0.870. The molecule has 4 heteroatoms. The van der Waals surface area contributed by atoms with Crippen LogP contribution in [0.3, 0.4) is 0 Å². The summed E-state index contributed by atoms with van der Waals surface area (Å²) in [5, 5.41) is 1.80. The van der Waals surface area contributed by atoms with E-state index < -0.39 is 0 Å². The first-order chi connectivity index (χ1) is 6.20. The van der Waals surface area contributed by atoms with Crippen LogP contribution in [0, 0.1) is 6.92 Å². The maximum absolute atomic E-state index is 11.2. The SMILES string of the molecule is COCc1scc(C(=O)OC)c1C. The van der Waals surface area contributed by atoms with E-state index in [2.05, 4.69) is 4.74 Å². The van der Waals surface area contributed by atoms with Gasteiger partial charge in [-0.3, -0.25) is 0 Å². The molecule has 0 aliphatic rings. The molecule has 0 amide bonds. The second kappa shape index (κ2) is 4.39. The maximum atomic E-state index is 11.2. The van der Waals surface area contributed by atoms with Gasteiger partial charge in [0.05, 0.1) is 19.3 Å². The van der Waals surface area contributed by atoms with Crippen LogP contribution >= 0.6 is 11.3 Å². The second-order valence-corrected chi connectivity index (χ2v) is 3.59. The van der Waals surface area contributed by atoms with Gasteiger partial charge in [-0.05, 0) is 12.5 Å². The van der Waals surface area contributed by atoms with Crippen LogP contribution in [-0.4, -0.2) is 20.2 Å². The Balaban J connectivity index is 2.92. The van der Waals surface area contributed by atoms with Gasteiger partial charge >= 0.3 is 5.97 Å². The summed E-state index contributed by atoms with van der Waals surface area (Å²) in [5.74, 6) is -0.281. The van der Waals surface area contributed by atoms with Crippen LogP contribution in [0.5, 0.6) is 0 Å². The first-order valence-corrected chi connectivity index (χ1v) is 4.73. The number of ether oxygens (including phenoxy) is 2. The Bertz CT molecular complexity index is 304. The molecular formula is C9H12O3S. The van der Waals surface area contributed by atoms with Crippen molar-refractivity contribution in [2.45, 2.75) is 13.5 Å². The van der Waals surface area contributed by atoms with E-state index >= 15 is 0 Å². The molecule has 0 fully saturated rings. The number of rotatable bonds is 3. The molecule has 0 unspecified atom stereocenters. The van der Waals surface area contributed by atoms with Gasteiger partial charge in [0.2, 0.25) is 0 Å². The molecule has 13 heavy (non-hydrogen) atoms. The molecule has 1 rings (SSSR count). The standard InChI is InChI=1S/C9H12O3S/c1-6-7(9(10)12-3)5-13-8(6)4-11-2/h5H,4H2,1-3H3. The van der Waals surface area contributed by atoms with Gasteiger partial charge < -0.3 is 9.47 Å². The van der Waals surface area contributed by atoms with E-state index in [0.29, 0.717) is 12.2 Å². The number of carbonyl (C=O) groups excluding carboxylic acids is 1. The van der Waals surface area contributed by atoms with Gasteiger partial charge in [-0.2, -0.15) is 0 Å². The lowest BCUT2D eigenvalue weighted by Gasteiger charge is -1.99. The van der Waals surface area contributed by atoms with Gasteiger partial charge in [0.25, 0.3) is 0 Å². The zero-order chi connectivity index (χ0) is 9.84. The highest BCUT2D eigenvalue weighted by Crippen LogP contribution is 2.22. The lowest BCUT2D eigenvalue weighted by atomic mass is 10.2. The summed E-state index contributed by atoms with van der Waals surface area (Å²) in [6.45, 7) is 2.45. The maximum Gasteiger partial charge on any atom is 0.338 e. The first-order valence-electron chi connectivity index (χ1n) is 3.85. The quantitative estimate of drug-likeness (QED) is 0.700. The summed E-state index contributed by atoms with van der Waals surface area (Å²) < 4.78 is 9.63. The third kappa shape index (κ3) is 2.08. The van der Waals surface area contributed by atoms with E-state index in [0.717, 1.165) is 10.4 Å². The lowest BCUT2D eigenvalue weighted by molar-refractivity contribution is 0.0600. The Labute approximate surface area is 81.3 Å². The van der Waals surface area contributed by atoms with Crippen molar-refractivity contribution in [1.29, 1.82) is 0 Å². The summed E-state index contributed by atoms with van der Waals surface area (Å²) in [4.78, 5) is 12.3. The fourth-order valence-electron chi connectivity index (χ4n) is 1.04. The molecule has 1 aromatic rings. The van der Waals surface area contributed by atoms with E-state index in [4.69, 9.17) is 4.74 Å². The predicted molar refractivity (Wildman–Crippen MR) is 51.1 cm³/mol. The average Bonchev–Trinajstić information content (AvgIpc) is 2.48. The largest absolute Gasteiger partial charge is 0.465 e. The summed E-state index contributed by atoms with van der Waals surface area (Å²) in [6, 6.07) is 0.